The first kappa shape index (κ1) is 13.9. The van der Waals surface area contributed by atoms with E-state index in [1.807, 2.05) is 12.1 Å². The first-order valence-corrected chi connectivity index (χ1v) is 7.16. The maximum Gasteiger partial charge on any atom is 0.119 e. The molecule has 2 rings (SSSR count). The molecule has 0 radical (unpaired) electrons. The van der Waals surface area contributed by atoms with Crippen molar-refractivity contribution < 1.29 is 4.74 Å². The van der Waals surface area contributed by atoms with Gasteiger partial charge >= 0.3 is 0 Å². The molecule has 19 heavy (non-hydrogen) atoms. The summed E-state index contributed by atoms with van der Waals surface area (Å²) in [5.74, 6) is 0.869. The number of ether oxygens (including phenoxy) is 1. The zero-order valence-electron chi connectivity index (χ0n) is 11.6. The van der Waals surface area contributed by atoms with Gasteiger partial charge in [-0.1, -0.05) is 0 Å². The Labute approximate surface area is 118 Å². The van der Waals surface area contributed by atoms with Crippen LogP contribution in [0.25, 0.3) is 0 Å². The second kappa shape index (κ2) is 6.08. The number of thiophene rings is 1. The van der Waals surface area contributed by atoms with Crippen LogP contribution in [-0.2, 0) is 0 Å². The Morgan fingerprint density at radius 2 is 1.95 bits per heavy atom. The van der Waals surface area contributed by atoms with Crippen LogP contribution in [0.2, 0.25) is 0 Å². The van der Waals surface area contributed by atoms with E-state index in [-0.39, 0.29) is 6.04 Å². The first-order chi connectivity index (χ1) is 9.17. The predicted molar refractivity (Wildman–Crippen MR) is 82.2 cm³/mol. The molecular weight excluding hydrogens is 256 g/mol. The lowest BCUT2D eigenvalue weighted by Crippen LogP contribution is -2.30. The molecule has 1 aromatic carbocycles. The zero-order valence-corrected chi connectivity index (χ0v) is 12.4. The van der Waals surface area contributed by atoms with E-state index < -0.39 is 0 Å². The molecule has 0 aliphatic heterocycles. The summed E-state index contributed by atoms with van der Waals surface area (Å²) in [4.78, 5) is 3.55. The molecule has 0 fully saturated rings. The standard InChI is InChI=1S/C15H20N2OS/c1-11-8-9-19-15(11)14(10-16)17(2)12-4-6-13(18-3)7-5-12/h4-9,14H,10,16H2,1-3H3. The van der Waals surface area contributed by atoms with E-state index in [0.29, 0.717) is 6.54 Å². The number of rotatable bonds is 5. The largest absolute Gasteiger partial charge is 0.497 e. The summed E-state index contributed by atoms with van der Waals surface area (Å²) >= 11 is 1.77. The van der Waals surface area contributed by atoms with E-state index in [0.717, 1.165) is 11.4 Å². The summed E-state index contributed by atoms with van der Waals surface area (Å²) in [6, 6.07) is 10.4. The number of hydrogen-bond donors (Lipinski definition) is 1. The van der Waals surface area contributed by atoms with Crippen LogP contribution in [0, 0.1) is 6.92 Å². The Kier molecular flexibility index (Phi) is 4.45. The number of benzene rings is 1. The Bertz CT molecular complexity index is 521. The quantitative estimate of drug-likeness (QED) is 0.911. The summed E-state index contributed by atoms with van der Waals surface area (Å²) in [6.45, 7) is 2.74. The van der Waals surface area contributed by atoms with E-state index in [4.69, 9.17) is 10.5 Å². The highest BCUT2D eigenvalue weighted by atomic mass is 32.1. The molecule has 0 saturated carbocycles. The van der Waals surface area contributed by atoms with Crippen LogP contribution in [0.5, 0.6) is 5.75 Å². The van der Waals surface area contributed by atoms with Crippen molar-refractivity contribution in [2.24, 2.45) is 5.73 Å². The molecule has 0 spiro atoms. The number of nitrogens with two attached hydrogens (primary N) is 1. The van der Waals surface area contributed by atoms with Crippen molar-refractivity contribution >= 4 is 17.0 Å². The Balaban J connectivity index is 2.25. The normalized spacial score (nSPS) is 12.2. The Morgan fingerprint density at radius 3 is 2.42 bits per heavy atom. The fourth-order valence-electron chi connectivity index (χ4n) is 2.16. The number of anilines is 1. The van der Waals surface area contributed by atoms with Crippen LogP contribution in [0.3, 0.4) is 0 Å². The molecule has 0 bridgehead atoms. The summed E-state index contributed by atoms with van der Waals surface area (Å²) in [6.07, 6.45) is 0. The van der Waals surface area contributed by atoms with Gasteiger partial charge in [0.1, 0.15) is 5.75 Å². The van der Waals surface area contributed by atoms with Gasteiger partial charge in [-0.15, -0.1) is 11.3 Å². The minimum atomic E-state index is 0.216. The predicted octanol–water partition coefficient (Wildman–Crippen LogP) is 3.20. The van der Waals surface area contributed by atoms with Gasteiger partial charge < -0.3 is 15.4 Å². The van der Waals surface area contributed by atoms with Crippen LogP contribution in [0.4, 0.5) is 5.69 Å². The average molecular weight is 276 g/mol. The van der Waals surface area contributed by atoms with Crippen LogP contribution < -0.4 is 15.4 Å². The number of nitrogens with zero attached hydrogens (tertiary/aromatic N) is 1. The molecule has 1 aromatic heterocycles. The summed E-state index contributed by atoms with van der Waals surface area (Å²) in [5.41, 5.74) is 8.42. The SMILES string of the molecule is COc1ccc(N(C)C(CN)c2sccc2C)cc1. The number of likely N-dealkylation sites (N-methyl/N-ethyl adjacent to an activating group) is 1. The van der Waals surface area contributed by atoms with Gasteiger partial charge in [-0.25, -0.2) is 0 Å². The van der Waals surface area contributed by atoms with Crippen molar-refractivity contribution in [1.29, 1.82) is 0 Å². The molecule has 4 heteroatoms. The average Bonchev–Trinajstić information content (AvgIpc) is 2.86. The molecule has 1 unspecified atom stereocenters. The third kappa shape index (κ3) is 2.91. The molecule has 2 N–H and O–H groups in total. The molecule has 1 heterocycles. The van der Waals surface area contributed by atoms with Crippen LogP contribution in [0.15, 0.2) is 35.7 Å². The van der Waals surface area contributed by atoms with Crippen molar-refractivity contribution in [3.63, 3.8) is 0 Å². The second-order valence-electron chi connectivity index (χ2n) is 4.53. The minimum Gasteiger partial charge on any atom is -0.497 e. The smallest absolute Gasteiger partial charge is 0.119 e. The first-order valence-electron chi connectivity index (χ1n) is 6.28. The molecule has 0 aliphatic carbocycles. The molecule has 0 aliphatic rings. The Morgan fingerprint density at radius 1 is 1.26 bits per heavy atom. The lowest BCUT2D eigenvalue weighted by Gasteiger charge is -2.29. The van der Waals surface area contributed by atoms with Gasteiger partial charge in [0, 0.05) is 24.2 Å². The minimum absolute atomic E-state index is 0.216. The maximum atomic E-state index is 5.97. The number of methoxy groups -OCH3 is 1. The van der Waals surface area contributed by atoms with E-state index in [1.165, 1.54) is 10.4 Å². The summed E-state index contributed by atoms with van der Waals surface area (Å²) in [7, 11) is 3.76. The fraction of sp³-hybridized carbons (Fsp3) is 0.333. The van der Waals surface area contributed by atoms with Gasteiger partial charge in [0.2, 0.25) is 0 Å². The highest BCUT2D eigenvalue weighted by Gasteiger charge is 2.19. The van der Waals surface area contributed by atoms with Crippen LogP contribution in [0.1, 0.15) is 16.5 Å². The van der Waals surface area contributed by atoms with Crippen molar-refractivity contribution in [3.05, 3.63) is 46.2 Å². The number of aryl methyl sites for hydroxylation is 1. The van der Waals surface area contributed by atoms with E-state index >= 15 is 0 Å². The molecule has 0 saturated heterocycles. The van der Waals surface area contributed by atoms with Gasteiger partial charge in [0.15, 0.2) is 0 Å². The third-order valence-corrected chi connectivity index (χ3v) is 4.49. The molecular formula is C15H20N2OS. The van der Waals surface area contributed by atoms with Gasteiger partial charge in [-0.2, -0.15) is 0 Å². The van der Waals surface area contributed by atoms with Gasteiger partial charge in [-0.3, -0.25) is 0 Å². The Hall–Kier alpha value is -1.52. The van der Waals surface area contributed by atoms with Crippen molar-refractivity contribution in [2.75, 3.05) is 25.6 Å². The van der Waals surface area contributed by atoms with Crippen LogP contribution >= 0.6 is 11.3 Å². The maximum absolute atomic E-state index is 5.97. The topological polar surface area (TPSA) is 38.5 Å². The van der Waals surface area contributed by atoms with Crippen molar-refractivity contribution in [3.8, 4) is 5.75 Å². The van der Waals surface area contributed by atoms with Gasteiger partial charge in [-0.05, 0) is 48.2 Å². The zero-order chi connectivity index (χ0) is 13.8. The van der Waals surface area contributed by atoms with Gasteiger partial charge in [0.05, 0.1) is 13.2 Å². The lowest BCUT2D eigenvalue weighted by molar-refractivity contribution is 0.415. The number of hydrogen-bond acceptors (Lipinski definition) is 4. The molecule has 0 amide bonds. The van der Waals surface area contributed by atoms with E-state index in [9.17, 15) is 0 Å². The lowest BCUT2D eigenvalue weighted by atomic mass is 10.1. The summed E-state index contributed by atoms with van der Waals surface area (Å²) < 4.78 is 5.19. The third-order valence-electron chi connectivity index (χ3n) is 3.37. The van der Waals surface area contributed by atoms with E-state index in [2.05, 4.69) is 42.5 Å². The second-order valence-corrected chi connectivity index (χ2v) is 5.48. The van der Waals surface area contributed by atoms with Crippen LogP contribution in [-0.4, -0.2) is 20.7 Å². The van der Waals surface area contributed by atoms with Crippen molar-refractivity contribution in [1.82, 2.24) is 0 Å². The van der Waals surface area contributed by atoms with E-state index in [1.54, 1.807) is 18.4 Å². The highest BCUT2D eigenvalue weighted by Crippen LogP contribution is 2.31. The molecule has 2 aromatic rings. The highest BCUT2D eigenvalue weighted by molar-refractivity contribution is 7.10. The molecule has 3 nitrogen and oxygen atoms in total. The molecule has 102 valence electrons. The monoisotopic (exact) mass is 276 g/mol. The summed E-state index contributed by atoms with van der Waals surface area (Å²) in [5, 5.41) is 2.12. The van der Waals surface area contributed by atoms with Crippen molar-refractivity contribution in [2.45, 2.75) is 13.0 Å². The van der Waals surface area contributed by atoms with Gasteiger partial charge in [0.25, 0.3) is 0 Å². The molecule has 1 atom stereocenters. The fourth-order valence-corrected chi connectivity index (χ4v) is 3.25.